The number of hydrogen-bond acceptors (Lipinski definition) is 9. The van der Waals surface area contributed by atoms with E-state index in [2.05, 4.69) is 16.0 Å². The van der Waals surface area contributed by atoms with E-state index < -0.39 is 52.2 Å². The van der Waals surface area contributed by atoms with Crippen molar-refractivity contribution in [2.24, 2.45) is 0 Å². The SMILES string of the molecule is O=C(Nc1ccc(O)c(O)c1)c1cc(C(=O)Nc2ccc(O)c(O)c2)cc(C(=O)Nc2ccc(O)c(O)c2)c1. The van der Waals surface area contributed by atoms with E-state index in [1.807, 2.05) is 0 Å². The first-order chi connectivity index (χ1) is 18.5. The van der Waals surface area contributed by atoms with E-state index in [-0.39, 0.29) is 33.8 Å². The summed E-state index contributed by atoms with van der Waals surface area (Å²) < 4.78 is 0. The fraction of sp³-hybridized carbons (Fsp3) is 0. The summed E-state index contributed by atoms with van der Waals surface area (Å²) in [5.41, 5.74) is -0.00621. The van der Waals surface area contributed by atoms with Crippen LogP contribution < -0.4 is 16.0 Å². The Labute approximate surface area is 220 Å². The lowest BCUT2D eigenvalue weighted by atomic mass is 10.0. The maximum absolute atomic E-state index is 13.0. The average Bonchev–Trinajstić information content (AvgIpc) is 2.90. The van der Waals surface area contributed by atoms with Crippen LogP contribution in [0, 0.1) is 0 Å². The molecule has 12 nitrogen and oxygen atoms in total. The van der Waals surface area contributed by atoms with Crippen LogP contribution in [0.2, 0.25) is 0 Å². The van der Waals surface area contributed by atoms with Gasteiger partial charge in [-0.25, -0.2) is 0 Å². The van der Waals surface area contributed by atoms with Gasteiger partial charge in [-0.05, 0) is 54.6 Å². The lowest BCUT2D eigenvalue weighted by molar-refractivity contribution is 0.102. The molecule has 4 aromatic carbocycles. The second-order valence-corrected chi connectivity index (χ2v) is 8.27. The number of carbonyl (C=O) groups excluding carboxylic acids is 3. The molecule has 0 aliphatic rings. The summed E-state index contributed by atoms with van der Waals surface area (Å²) in [5.74, 6) is -4.89. The van der Waals surface area contributed by atoms with Gasteiger partial charge in [0.15, 0.2) is 34.5 Å². The van der Waals surface area contributed by atoms with Gasteiger partial charge in [0.2, 0.25) is 0 Å². The molecule has 9 N–H and O–H groups in total. The molecule has 0 spiro atoms. The van der Waals surface area contributed by atoms with E-state index in [1.165, 1.54) is 36.4 Å². The van der Waals surface area contributed by atoms with Crippen LogP contribution >= 0.6 is 0 Å². The number of anilines is 3. The molecule has 0 atom stereocenters. The fourth-order valence-corrected chi connectivity index (χ4v) is 3.43. The molecule has 0 saturated heterocycles. The van der Waals surface area contributed by atoms with E-state index >= 15 is 0 Å². The Hall–Kier alpha value is -5.91. The van der Waals surface area contributed by atoms with Crippen molar-refractivity contribution in [3.8, 4) is 34.5 Å². The van der Waals surface area contributed by atoms with Gasteiger partial charge in [0, 0.05) is 52.0 Å². The quantitative estimate of drug-likeness (QED) is 0.131. The molecule has 0 aliphatic heterocycles. The first-order valence-electron chi connectivity index (χ1n) is 11.2. The smallest absolute Gasteiger partial charge is 0.255 e. The molecule has 0 unspecified atom stereocenters. The van der Waals surface area contributed by atoms with Gasteiger partial charge in [-0.1, -0.05) is 0 Å². The van der Waals surface area contributed by atoms with E-state index in [0.29, 0.717) is 0 Å². The third-order valence-electron chi connectivity index (χ3n) is 5.42. The van der Waals surface area contributed by atoms with E-state index in [9.17, 15) is 45.0 Å². The molecule has 4 aromatic rings. The average molecular weight is 531 g/mol. The normalized spacial score (nSPS) is 10.5. The monoisotopic (exact) mass is 531 g/mol. The predicted octanol–water partition coefficient (Wildman–Crippen LogP) is 3.68. The van der Waals surface area contributed by atoms with E-state index in [0.717, 1.165) is 36.4 Å². The molecule has 39 heavy (non-hydrogen) atoms. The molecular formula is C27H21N3O9. The lowest BCUT2D eigenvalue weighted by Crippen LogP contribution is -2.19. The lowest BCUT2D eigenvalue weighted by Gasteiger charge is -2.12. The highest BCUT2D eigenvalue weighted by molar-refractivity contribution is 6.13. The zero-order valence-corrected chi connectivity index (χ0v) is 19.8. The molecular weight excluding hydrogens is 510 g/mol. The Morgan fingerprint density at radius 3 is 0.872 bits per heavy atom. The van der Waals surface area contributed by atoms with Gasteiger partial charge in [-0.2, -0.15) is 0 Å². The van der Waals surface area contributed by atoms with Gasteiger partial charge in [-0.3, -0.25) is 14.4 Å². The first kappa shape index (κ1) is 26.2. The van der Waals surface area contributed by atoms with Gasteiger partial charge in [0.25, 0.3) is 17.7 Å². The fourth-order valence-electron chi connectivity index (χ4n) is 3.43. The minimum atomic E-state index is -0.756. The zero-order valence-electron chi connectivity index (χ0n) is 19.8. The molecule has 4 rings (SSSR count). The minimum absolute atomic E-state index is 0.121. The highest BCUT2D eigenvalue weighted by Crippen LogP contribution is 2.30. The number of aromatic hydroxyl groups is 6. The summed E-state index contributed by atoms with van der Waals surface area (Å²) in [4.78, 5) is 39.0. The van der Waals surface area contributed by atoms with Crippen LogP contribution in [0.5, 0.6) is 34.5 Å². The Kier molecular flexibility index (Phi) is 7.11. The maximum Gasteiger partial charge on any atom is 0.255 e. The highest BCUT2D eigenvalue weighted by Gasteiger charge is 2.18. The van der Waals surface area contributed by atoms with Gasteiger partial charge in [-0.15, -0.1) is 0 Å². The molecule has 0 radical (unpaired) electrons. The van der Waals surface area contributed by atoms with Crippen molar-refractivity contribution in [2.75, 3.05) is 16.0 Å². The van der Waals surface area contributed by atoms with Crippen molar-refractivity contribution in [1.82, 2.24) is 0 Å². The number of hydrogen-bond donors (Lipinski definition) is 9. The standard InChI is InChI=1S/C27H21N3O9/c31-19-4-1-16(10-22(19)34)28-25(37)13-7-14(26(38)29-17-2-5-20(32)23(35)11-17)9-15(8-13)27(39)30-18-3-6-21(33)24(36)12-18/h1-12,31-36H,(H,28,37)(H,29,38)(H,30,39). The van der Waals surface area contributed by atoms with Crippen molar-refractivity contribution >= 4 is 34.8 Å². The van der Waals surface area contributed by atoms with Crippen LogP contribution in [-0.2, 0) is 0 Å². The van der Waals surface area contributed by atoms with Crippen molar-refractivity contribution in [3.63, 3.8) is 0 Å². The minimum Gasteiger partial charge on any atom is -0.504 e. The topological polar surface area (TPSA) is 209 Å². The second-order valence-electron chi connectivity index (χ2n) is 8.27. The van der Waals surface area contributed by atoms with Crippen LogP contribution in [0.4, 0.5) is 17.1 Å². The summed E-state index contributed by atoms with van der Waals surface area (Å²) in [7, 11) is 0. The predicted molar refractivity (Wildman–Crippen MR) is 140 cm³/mol. The van der Waals surface area contributed by atoms with Crippen LogP contribution in [0.3, 0.4) is 0 Å². The Bertz CT molecular complexity index is 1420. The van der Waals surface area contributed by atoms with Crippen LogP contribution in [0.25, 0.3) is 0 Å². The highest BCUT2D eigenvalue weighted by atomic mass is 16.3. The summed E-state index contributed by atoms with van der Waals surface area (Å²) in [6, 6.07) is 14.4. The number of carbonyl (C=O) groups is 3. The molecule has 0 bridgehead atoms. The Balaban J connectivity index is 1.67. The molecule has 198 valence electrons. The van der Waals surface area contributed by atoms with Crippen molar-refractivity contribution < 1.29 is 45.0 Å². The maximum atomic E-state index is 13.0. The third-order valence-corrected chi connectivity index (χ3v) is 5.42. The zero-order chi connectivity index (χ0) is 28.3. The Morgan fingerprint density at radius 1 is 0.385 bits per heavy atom. The summed E-state index contributed by atoms with van der Waals surface area (Å²) in [6.45, 7) is 0. The number of phenolic OH excluding ortho intramolecular Hbond substituents is 6. The molecule has 0 aromatic heterocycles. The first-order valence-corrected chi connectivity index (χ1v) is 11.2. The second kappa shape index (κ2) is 10.6. The van der Waals surface area contributed by atoms with Gasteiger partial charge >= 0.3 is 0 Å². The number of rotatable bonds is 6. The van der Waals surface area contributed by atoms with Crippen molar-refractivity contribution in [3.05, 3.63) is 89.5 Å². The number of amides is 3. The van der Waals surface area contributed by atoms with Gasteiger partial charge in [0.05, 0.1) is 0 Å². The molecule has 12 heteroatoms. The van der Waals surface area contributed by atoms with Crippen molar-refractivity contribution in [2.45, 2.75) is 0 Å². The van der Waals surface area contributed by atoms with Crippen molar-refractivity contribution in [1.29, 1.82) is 0 Å². The summed E-state index contributed by atoms with van der Waals surface area (Å²) >= 11 is 0. The third kappa shape index (κ3) is 6.09. The molecule has 0 heterocycles. The van der Waals surface area contributed by atoms with Gasteiger partial charge < -0.3 is 46.6 Å². The van der Waals surface area contributed by atoms with E-state index in [1.54, 1.807) is 0 Å². The molecule has 0 saturated carbocycles. The van der Waals surface area contributed by atoms with Gasteiger partial charge in [0.1, 0.15) is 0 Å². The molecule has 3 amide bonds. The summed E-state index contributed by atoms with van der Waals surface area (Å²) in [5, 5.41) is 65.0. The largest absolute Gasteiger partial charge is 0.504 e. The molecule has 0 aliphatic carbocycles. The number of nitrogens with one attached hydrogen (secondary N) is 3. The van der Waals surface area contributed by atoms with E-state index in [4.69, 9.17) is 0 Å². The van der Waals surface area contributed by atoms with Crippen LogP contribution in [-0.4, -0.2) is 48.4 Å². The number of benzene rings is 4. The Morgan fingerprint density at radius 2 is 0.641 bits per heavy atom. The summed E-state index contributed by atoms with van der Waals surface area (Å²) in [6.07, 6.45) is 0. The van der Waals surface area contributed by atoms with Crippen LogP contribution in [0.15, 0.2) is 72.8 Å². The number of phenols is 6. The van der Waals surface area contributed by atoms with Crippen LogP contribution in [0.1, 0.15) is 31.1 Å². The molecule has 0 fully saturated rings.